The van der Waals surface area contributed by atoms with E-state index in [1.807, 2.05) is 41.5 Å². The molecule has 0 N–H and O–H groups in total. The van der Waals surface area contributed by atoms with E-state index in [9.17, 15) is 4.79 Å². The van der Waals surface area contributed by atoms with E-state index in [0.717, 1.165) is 6.42 Å². The number of hydrogen-bond donors (Lipinski definition) is 0. The fourth-order valence-electron chi connectivity index (χ4n) is 2.41. The summed E-state index contributed by atoms with van der Waals surface area (Å²) in [6.07, 6.45) is 2.62. The lowest BCUT2D eigenvalue weighted by atomic mass is 9.79. The molecule has 1 aliphatic rings. The zero-order valence-corrected chi connectivity index (χ0v) is 14.6. The third-order valence-electron chi connectivity index (χ3n) is 4.87. The van der Waals surface area contributed by atoms with E-state index >= 15 is 0 Å². The minimum absolute atomic E-state index is 0.0696. The summed E-state index contributed by atoms with van der Waals surface area (Å²) in [6, 6.07) is 1.68. The van der Waals surface area contributed by atoms with Gasteiger partial charge in [-0.1, -0.05) is 6.92 Å². The van der Waals surface area contributed by atoms with Crippen LogP contribution in [-0.4, -0.2) is 30.0 Å². The molecule has 22 heavy (non-hydrogen) atoms. The molecule has 0 bridgehead atoms. The van der Waals surface area contributed by atoms with E-state index in [2.05, 4.69) is 0 Å². The van der Waals surface area contributed by atoms with Crippen molar-refractivity contribution in [1.29, 1.82) is 0 Å². The molecule has 2 heterocycles. The normalized spacial score (nSPS) is 21.0. The Balaban J connectivity index is 2.45. The third-order valence-corrected chi connectivity index (χ3v) is 4.87. The van der Waals surface area contributed by atoms with Crippen LogP contribution in [0.2, 0.25) is 0 Å². The molecule has 1 aliphatic heterocycles. The van der Waals surface area contributed by atoms with Crippen molar-refractivity contribution in [3.05, 3.63) is 22.6 Å². The Morgan fingerprint density at radius 2 is 1.82 bits per heavy atom. The van der Waals surface area contributed by atoms with Gasteiger partial charge in [0.2, 0.25) is 0 Å². The van der Waals surface area contributed by atoms with E-state index in [0.29, 0.717) is 11.2 Å². The standard InChI is InChI=1S/C16H26BNO4/c1-8-11(2)18-10-13(20-7)12(9-14(18)19)17-21-15(3,4)16(5,6)22-17/h9-11H,8H2,1-7H3. The number of methoxy groups -OCH3 is 1. The third kappa shape index (κ3) is 2.82. The number of nitrogens with zero attached hydrogens (tertiary/aromatic N) is 1. The van der Waals surface area contributed by atoms with Gasteiger partial charge in [0.15, 0.2) is 0 Å². The van der Waals surface area contributed by atoms with Crippen molar-refractivity contribution in [1.82, 2.24) is 4.57 Å². The highest BCUT2D eigenvalue weighted by Gasteiger charge is 2.52. The highest BCUT2D eigenvalue weighted by molar-refractivity contribution is 6.63. The van der Waals surface area contributed by atoms with Crippen LogP contribution in [0.1, 0.15) is 54.0 Å². The van der Waals surface area contributed by atoms with Gasteiger partial charge in [0.25, 0.3) is 5.56 Å². The lowest BCUT2D eigenvalue weighted by molar-refractivity contribution is 0.00578. The molecule has 0 aliphatic carbocycles. The van der Waals surface area contributed by atoms with Crippen molar-refractivity contribution in [2.24, 2.45) is 0 Å². The topological polar surface area (TPSA) is 49.7 Å². The van der Waals surface area contributed by atoms with Gasteiger partial charge in [0, 0.05) is 23.8 Å². The molecule has 0 saturated carbocycles. The van der Waals surface area contributed by atoms with Gasteiger partial charge in [-0.25, -0.2) is 0 Å². The van der Waals surface area contributed by atoms with Gasteiger partial charge in [-0.3, -0.25) is 4.79 Å². The summed E-state index contributed by atoms with van der Waals surface area (Å²) < 4.78 is 19.2. The molecule has 1 unspecified atom stereocenters. The molecule has 0 radical (unpaired) electrons. The van der Waals surface area contributed by atoms with Crippen LogP contribution in [0.4, 0.5) is 0 Å². The molecule has 1 saturated heterocycles. The molecular formula is C16H26BNO4. The predicted octanol–water partition coefficient (Wildman–Crippen LogP) is 2.13. The zero-order valence-electron chi connectivity index (χ0n) is 14.6. The van der Waals surface area contributed by atoms with Crippen molar-refractivity contribution in [3.8, 4) is 5.75 Å². The second kappa shape index (κ2) is 5.74. The number of pyridine rings is 1. The molecular weight excluding hydrogens is 281 g/mol. The predicted molar refractivity (Wildman–Crippen MR) is 88.0 cm³/mol. The molecule has 0 amide bonds. The first-order valence-corrected chi connectivity index (χ1v) is 7.78. The van der Waals surface area contributed by atoms with E-state index in [4.69, 9.17) is 14.0 Å². The Morgan fingerprint density at radius 1 is 1.27 bits per heavy atom. The fraction of sp³-hybridized carbons (Fsp3) is 0.688. The number of ether oxygens (including phenoxy) is 1. The van der Waals surface area contributed by atoms with Crippen molar-refractivity contribution < 1.29 is 14.0 Å². The van der Waals surface area contributed by atoms with E-state index < -0.39 is 18.3 Å². The molecule has 1 aromatic heterocycles. The SMILES string of the molecule is CCC(C)n1cc(OC)c(B2OC(C)(C)C(C)(C)O2)cc1=O. The van der Waals surface area contributed by atoms with Gasteiger partial charge in [-0.05, 0) is 41.0 Å². The highest BCUT2D eigenvalue weighted by atomic mass is 16.7. The van der Waals surface area contributed by atoms with Gasteiger partial charge in [-0.2, -0.15) is 0 Å². The summed E-state index contributed by atoms with van der Waals surface area (Å²) >= 11 is 0. The van der Waals surface area contributed by atoms with Crippen LogP contribution < -0.4 is 15.8 Å². The molecule has 6 heteroatoms. The molecule has 0 spiro atoms. The molecule has 1 atom stereocenters. The van der Waals surface area contributed by atoms with E-state index in [1.54, 1.807) is 23.9 Å². The van der Waals surface area contributed by atoms with Crippen molar-refractivity contribution in [2.75, 3.05) is 7.11 Å². The Labute approximate surface area is 132 Å². The van der Waals surface area contributed by atoms with Crippen LogP contribution in [0.25, 0.3) is 0 Å². The maximum Gasteiger partial charge on any atom is 0.498 e. The summed E-state index contributed by atoms with van der Waals surface area (Å²) in [5, 5.41) is 0. The second-order valence-corrected chi connectivity index (χ2v) is 6.89. The van der Waals surface area contributed by atoms with Crippen molar-refractivity contribution in [2.45, 2.75) is 65.2 Å². The van der Waals surface area contributed by atoms with Crippen LogP contribution in [0.3, 0.4) is 0 Å². The summed E-state index contributed by atoms with van der Waals surface area (Å²) in [5.41, 5.74) is -0.326. The minimum Gasteiger partial charge on any atom is -0.496 e. The Bertz CT molecular complexity index is 593. The van der Waals surface area contributed by atoms with E-state index in [1.165, 1.54) is 0 Å². The first-order valence-electron chi connectivity index (χ1n) is 7.78. The smallest absolute Gasteiger partial charge is 0.496 e. The Kier molecular flexibility index (Phi) is 4.46. The van der Waals surface area contributed by atoms with Crippen LogP contribution in [0, 0.1) is 0 Å². The van der Waals surface area contributed by atoms with Crippen LogP contribution in [0.5, 0.6) is 5.75 Å². The van der Waals surface area contributed by atoms with Crippen molar-refractivity contribution in [3.63, 3.8) is 0 Å². The fourth-order valence-corrected chi connectivity index (χ4v) is 2.41. The average molecular weight is 307 g/mol. The molecule has 1 fully saturated rings. The highest BCUT2D eigenvalue weighted by Crippen LogP contribution is 2.37. The summed E-state index contributed by atoms with van der Waals surface area (Å²) in [5.74, 6) is 0.610. The number of rotatable bonds is 4. The van der Waals surface area contributed by atoms with Gasteiger partial charge in [-0.15, -0.1) is 0 Å². The van der Waals surface area contributed by atoms with E-state index in [-0.39, 0.29) is 11.6 Å². The molecule has 5 nitrogen and oxygen atoms in total. The van der Waals surface area contributed by atoms with Crippen molar-refractivity contribution >= 4 is 12.6 Å². The summed E-state index contributed by atoms with van der Waals surface area (Å²) in [6.45, 7) is 12.0. The lowest BCUT2D eigenvalue weighted by Gasteiger charge is -2.32. The Hall–Kier alpha value is -1.27. The zero-order chi connectivity index (χ0) is 16.7. The van der Waals surface area contributed by atoms with Gasteiger partial charge in [0.05, 0.1) is 18.3 Å². The maximum atomic E-state index is 12.4. The van der Waals surface area contributed by atoms with Gasteiger partial charge >= 0.3 is 7.12 Å². The number of aromatic nitrogens is 1. The summed E-state index contributed by atoms with van der Waals surface area (Å²) in [7, 11) is 0.995. The van der Waals surface area contributed by atoms with Crippen LogP contribution >= 0.6 is 0 Å². The van der Waals surface area contributed by atoms with Crippen LogP contribution in [0.15, 0.2) is 17.1 Å². The quantitative estimate of drug-likeness (QED) is 0.800. The first-order chi connectivity index (χ1) is 10.1. The molecule has 2 rings (SSSR count). The molecule has 0 aromatic carbocycles. The number of hydrogen-bond acceptors (Lipinski definition) is 4. The van der Waals surface area contributed by atoms with Crippen LogP contribution in [-0.2, 0) is 9.31 Å². The maximum absolute atomic E-state index is 12.4. The second-order valence-electron chi connectivity index (χ2n) is 6.89. The lowest BCUT2D eigenvalue weighted by Crippen LogP contribution is -2.41. The first kappa shape index (κ1) is 17.1. The Morgan fingerprint density at radius 3 is 2.27 bits per heavy atom. The minimum atomic E-state index is -0.598. The van der Waals surface area contributed by atoms with Gasteiger partial charge < -0.3 is 18.6 Å². The molecule has 122 valence electrons. The average Bonchev–Trinajstić information content (AvgIpc) is 2.66. The van der Waals surface area contributed by atoms with Gasteiger partial charge in [0.1, 0.15) is 5.75 Å². The monoisotopic (exact) mass is 307 g/mol. The molecule has 1 aromatic rings. The largest absolute Gasteiger partial charge is 0.498 e. The summed E-state index contributed by atoms with van der Waals surface area (Å²) in [4.78, 5) is 12.4.